The number of nitrogens with one attached hydrogen (secondary N) is 1. The molecule has 5 nitrogen and oxygen atoms in total. The lowest BCUT2D eigenvalue weighted by Crippen LogP contribution is -2.40. The average molecular weight is 340 g/mol. The van der Waals surface area contributed by atoms with Gasteiger partial charge in [-0.3, -0.25) is 14.4 Å². The van der Waals surface area contributed by atoms with Gasteiger partial charge in [-0.1, -0.05) is 18.2 Å². The lowest BCUT2D eigenvalue weighted by molar-refractivity contribution is -0.117. The summed E-state index contributed by atoms with van der Waals surface area (Å²) in [6.07, 6.45) is 2.24. The Kier molecular flexibility index (Phi) is 5.53. The summed E-state index contributed by atoms with van der Waals surface area (Å²) in [4.78, 5) is 14.5. The number of nitrogens with zero attached hydrogens (tertiary/aromatic N) is 3. The second-order valence-corrected chi connectivity index (χ2v) is 7.19. The molecule has 0 bridgehead atoms. The number of amides is 1. The number of rotatable bonds is 5. The Bertz CT molecular complexity index is 729. The summed E-state index contributed by atoms with van der Waals surface area (Å²) in [5, 5.41) is 7.59. The summed E-state index contributed by atoms with van der Waals surface area (Å²) in [6.45, 7) is 9.59. The molecule has 134 valence electrons. The van der Waals surface area contributed by atoms with Crippen molar-refractivity contribution in [3.05, 3.63) is 47.3 Å². The van der Waals surface area contributed by atoms with E-state index in [0.717, 1.165) is 49.4 Å². The molecule has 1 aromatic carbocycles. The van der Waals surface area contributed by atoms with E-state index in [2.05, 4.69) is 33.0 Å². The van der Waals surface area contributed by atoms with E-state index in [1.54, 1.807) is 0 Å². The number of piperidine rings is 1. The first-order valence-electron chi connectivity index (χ1n) is 9.10. The molecule has 0 atom stereocenters. The average Bonchev–Trinajstić information content (AvgIpc) is 2.89. The predicted molar refractivity (Wildman–Crippen MR) is 101 cm³/mol. The number of aromatic nitrogens is 2. The monoisotopic (exact) mass is 340 g/mol. The van der Waals surface area contributed by atoms with Crippen LogP contribution in [-0.2, 0) is 11.3 Å². The van der Waals surface area contributed by atoms with Crippen molar-refractivity contribution in [3.63, 3.8) is 0 Å². The Morgan fingerprint density at radius 2 is 1.92 bits per heavy atom. The van der Waals surface area contributed by atoms with Crippen LogP contribution in [0.2, 0.25) is 0 Å². The Morgan fingerprint density at radius 1 is 1.20 bits per heavy atom. The molecule has 1 amide bonds. The molecule has 1 saturated heterocycles. The molecule has 2 aromatic rings. The van der Waals surface area contributed by atoms with E-state index in [-0.39, 0.29) is 5.91 Å². The third kappa shape index (κ3) is 4.69. The molecule has 0 aliphatic carbocycles. The van der Waals surface area contributed by atoms with Gasteiger partial charge in [-0.05, 0) is 70.3 Å². The fourth-order valence-electron chi connectivity index (χ4n) is 3.54. The molecule has 1 aromatic heterocycles. The number of carbonyl (C=O) groups is 1. The quantitative estimate of drug-likeness (QED) is 0.909. The van der Waals surface area contributed by atoms with Gasteiger partial charge in [0.15, 0.2) is 0 Å². The highest BCUT2D eigenvalue weighted by molar-refractivity contribution is 5.92. The fourth-order valence-corrected chi connectivity index (χ4v) is 3.54. The number of hydrogen-bond acceptors (Lipinski definition) is 3. The van der Waals surface area contributed by atoms with E-state index < -0.39 is 0 Å². The topological polar surface area (TPSA) is 50.2 Å². The maximum Gasteiger partial charge on any atom is 0.238 e. The van der Waals surface area contributed by atoms with Gasteiger partial charge in [-0.25, -0.2) is 0 Å². The number of hydrogen-bond donors (Lipinski definition) is 1. The van der Waals surface area contributed by atoms with Gasteiger partial charge < -0.3 is 5.32 Å². The van der Waals surface area contributed by atoms with Gasteiger partial charge in [-0.15, -0.1) is 0 Å². The minimum atomic E-state index is 0.0753. The maximum absolute atomic E-state index is 12.3. The van der Waals surface area contributed by atoms with Gasteiger partial charge in [0, 0.05) is 17.9 Å². The van der Waals surface area contributed by atoms with Crippen molar-refractivity contribution in [1.29, 1.82) is 0 Å². The van der Waals surface area contributed by atoms with Gasteiger partial charge in [0.2, 0.25) is 5.91 Å². The summed E-state index contributed by atoms with van der Waals surface area (Å²) < 4.78 is 2.13. The molecule has 0 saturated carbocycles. The third-order valence-electron chi connectivity index (χ3n) is 5.03. The molecule has 25 heavy (non-hydrogen) atoms. The van der Waals surface area contributed by atoms with Crippen LogP contribution in [-0.4, -0.2) is 40.2 Å². The maximum atomic E-state index is 12.3. The van der Waals surface area contributed by atoms with Crippen molar-refractivity contribution in [3.8, 4) is 0 Å². The molecule has 5 heteroatoms. The highest BCUT2D eigenvalue weighted by Crippen LogP contribution is 2.20. The molecule has 0 spiro atoms. The first kappa shape index (κ1) is 17.7. The van der Waals surface area contributed by atoms with E-state index in [1.165, 1.54) is 5.69 Å². The highest BCUT2D eigenvalue weighted by Gasteiger charge is 2.22. The number of likely N-dealkylation sites (tertiary alicyclic amines) is 1. The van der Waals surface area contributed by atoms with Gasteiger partial charge in [0.1, 0.15) is 0 Å². The summed E-state index contributed by atoms with van der Waals surface area (Å²) in [5.41, 5.74) is 4.33. The van der Waals surface area contributed by atoms with Crippen LogP contribution in [0.15, 0.2) is 30.3 Å². The fraction of sp³-hybridized carbons (Fsp3) is 0.500. The van der Waals surface area contributed by atoms with Crippen molar-refractivity contribution < 1.29 is 4.79 Å². The second kappa shape index (κ2) is 7.83. The Morgan fingerprint density at radius 3 is 2.56 bits per heavy atom. The van der Waals surface area contributed by atoms with E-state index in [0.29, 0.717) is 12.5 Å². The molecule has 3 rings (SSSR count). The number of benzene rings is 1. The molecular weight excluding hydrogens is 312 g/mol. The molecule has 1 fully saturated rings. The normalized spacial score (nSPS) is 16.1. The summed E-state index contributed by atoms with van der Waals surface area (Å²) in [5.74, 6) is 0.722. The zero-order chi connectivity index (χ0) is 17.8. The number of carbonyl (C=O) groups excluding carboxylic acids is 1. The van der Waals surface area contributed by atoms with Crippen LogP contribution in [0.4, 0.5) is 5.69 Å². The first-order valence-corrected chi connectivity index (χ1v) is 9.10. The highest BCUT2D eigenvalue weighted by atomic mass is 16.2. The number of anilines is 1. The van der Waals surface area contributed by atoms with Crippen molar-refractivity contribution >= 4 is 11.6 Å². The van der Waals surface area contributed by atoms with Crippen LogP contribution in [0.5, 0.6) is 0 Å². The Hall–Kier alpha value is -2.14. The first-order chi connectivity index (χ1) is 12.0. The SMILES string of the molecule is Cc1cc(C)n(CC2CCN(CC(=O)Nc3ccccc3C)CC2)n1. The minimum absolute atomic E-state index is 0.0753. The zero-order valence-corrected chi connectivity index (χ0v) is 15.5. The van der Waals surface area contributed by atoms with Crippen LogP contribution < -0.4 is 5.32 Å². The van der Waals surface area contributed by atoms with Crippen LogP contribution in [0, 0.1) is 26.7 Å². The third-order valence-corrected chi connectivity index (χ3v) is 5.03. The van der Waals surface area contributed by atoms with Crippen LogP contribution >= 0.6 is 0 Å². The standard InChI is InChI=1S/C20H28N4O/c1-15-6-4-5-7-19(15)21-20(25)14-23-10-8-18(9-11-23)13-24-17(3)12-16(2)22-24/h4-7,12,18H,8-11,13-14H2,1-3H3,(H,21,25). The predicted octanol–water partition coefficient (Wildman–Crippen LogP) is 3.16. The minimum Gasteiger partial charge on any atom is -0.325 e. The van der Waals surface area contributed by atoms with Gasteiger partial charge >= 0.3 is 0 Å². The molecule has 2 heterocycles. The molecule has 1 aliphatic rings. The Labute approximate surface area is 150 Å². The van der Waals surface area contributed by atoms with Gasteiger partial charge in [-0.2, -0.15) is 5.10 Å². The zero-order valence-electron chi connectivity index (χ0n) is 15.5. The molecule has 0 radical (unpaired) electrons. The number of aryl methyl sites for hydroxylation is 3. The molecule has 0 unspecified atom stereocenters. The van der Waals surface area contributed by atoms with Gasteiger partial charge in [0.05, 0.1) is 12.2 Å². The van der Waals surface area contributed by atoms with Crippen LogP contribution in [0.3, 0.4) is 0 Å². The Balaban J connectivity index is 1.45. The lowest BCUT2D eigenvalue weighted by atomic mass is 9.97. The lowest BCUT2D eigenvalue weighted by Gasteiger charge is -2.31. The van der Waals surface area contributed by atoms with Crippen LogP contribution in [0.1, 0.15) is 29.8 Å². The van der Waals surface area contributed by atoms with Crippen molar-refractivity contribution in [2.75, 3.05) is 25.0 Å². The van der Waals surface area contributed by atoms with Crippen molar-refractivity contribution in [1.82, 2.24) is 14.7 Å². The van der Waals surface area contributed by atoms with E-state index in [4.69, 9.17) is 0 Å². The molecular formula is C20H28N4O. The number of para-hydroxylation sites is 1. The van der Waals surface area contributed by atoms with Gasteiger partial charge in [0.25, 0.3) is 0 Å². The van der Waals surface area contributed by atoms with E-state index in [9.17, 15) is 4.79 Å². The molecule has 1 N–H and O–H groups in total. The molecule has 1 aliphatic heterocycles. The van der Waals surface area contributed by atoms with E-state index >= 15 is 0 Å². The largest absolute Gasteiger partial charge is 0.325 e. The van der Waals surface area contributed by atoms with E-state index in [1.807, 2.05) is 38.1 Å². The second-order valence-electron chi connectivity index (χ2n) is 7.19. The van der Waals surface area contributed by atoms with Crippen LogP contribution in [0.25, 0.3) is 0 Å². The smallest absolute Gasteiger partial charge is 0.238 e. The summed E-state index contributed by atoms with van der Waals surface area (Å²) >= 11 is 0. The summed E-state index contributed by atoms with van der Waals surface area (Å²) in [7, 11) is 0. The van der Waals surface area contributed by atoms with Crippen molar-refractivity contribution in [2.45, 2.75) is 40.2 Å². The van der Waals surface area contributed by atoms with Crippen molar-refractivity contribution in [2.24, 2.45) is 5.92 Å². The summed E-state index contributed by atoms with van der Waals surface area (Å²) in [6, 6.07) is 10.0.